The Kier molecular flexibility index (Phi) is 3.85. The second-order valence-corrected chi connectivity index (χ2v) is 5.85. The quantitative estimate of drug-likeness (QED) is 0.793. The third-order valence-corrected chi connectivity index (χ3v) is 3.41. The molecule has 0 aliphatic rings. The number of sulfone groups is 1. The number of rotatable bonds is 4. The summed E-state index contributed by atoms with van der Waals surface area (Å²) in [5.74, 6) is 0.387. The molecular weight excluding hydrogens is 210 g/mol. The van der Waals surface area contributed by atoms with Gasteiger partial charge >= 0.3 is 0 Å². The summed E-state index contributed by atoms with van der Waals surface area (Å²) in [6.45, 7) is 4.22. The summed E-state index contributed by atoms with van der Waals surface area (Å²) < 4.78 is 22.6. The largest absolute Gasteiger partial charge is 0.245 e. The molecule has 0 N–H and O–H groups in total. The highest BCUT2D eigenvalue weighted by Crippen LogP contribution is 2.21. The van der Waals surface area contributed by atoms with Crippen molar-refractivity contribution in [3.63, 3.8) is 0 Å². The lowest BCUT2D eigenvalue weighted by Crippen LogP contribution is -2.02. The van der Waals surface area contributed by atoms with Gasteiger partial charge in [0.2, 0.25) is 0 Å². The van der Waals surface area contributed by atoms with Crippen molar-refractivity contribution in [3.8, 4) is 0 Å². The molecule has 15 heavy (non-hydrogen) atoms. The fourth-order valence-electron chi connectivity index (χ4n) is 1.53. The van der Waals surface area contributed by atoms with Gasteiger partial charge in [0.1, 0.15) is 0 Å². The van der Waals surface area contributed by atoms with Gasteiger partial charge in [-0.1, -0.05) is 20.3 Å². The first-order valence-corrected chi connectivity index (χ1v) is 7.00. The molecule has 0 unspecified atom stereocenters. The monoisotopic (exact) mass is 227 g/mol. The van der Waals surface area contributed by atoms with Crippen molar-refractivity contribution in [1.29, 1.82) is 0 Å². The Labute approximate surface area is 91.5 Å². The molecule has 4 heteroatoms. The molecule has 0 aliphatic heterocycles. The predicted molar refractivity (Wildman–Crippen MR) is 60.7 cm³/mol. The van der Waals surface area contributed by atoms with E-state index in [1.807, 2.05) is 6.07 Å². The molecule has 1 heterocycles. The summed E-state index contributed by atoms with van der Waals surface area (Å²) in [6, 6.07) is 3.56. The van der Waals surface area contributed by atoms with Gasteiger partial charge in [0.15, 0.2) is 14.9 Å². The molecule has 0 saturated carbocycles. The van der Waals surface area contributed by atoms with E-state index in [4.69, 9.17) is 0 Å². The van der Waals surface area contributed by atoms with Gasteiger partial charge in [0.05, 0.1) is 0 Å². The molecule has 0 amide bonds. The standard InChI is InChI=1S/C11H17NO2S/c1-4-5-9(2)10-6-7-12-11(8-10)15(3,13)14/h6-9H,4-5H2,1-3H3/t9-/m0/s1. The van der Waals surface area contributed by atoms with Crippen LogP contribution in [0.4, 0.5) is 0 Å². The summed E-state index contributed by atoms with van der Waals surface area (Å²) in [7, 11) is -3.18. The molecule has 84 valence electrons. The minimum atomic E-state index is -3.18. The molecule has 0 aromatic carbocycles. The van der Waals surface area contributed by atoms with Gasteiger partial charge in [0, 0.05) is 12.5 Å². The van der Waals surface area contributed by atoms with Gasteiger partial charge in [-0.2, -0.15) is 0 Å². The highest BCUT2D eigenvalue weighted by Gasteiger charge is 2.11. The zero-order chi connectivity index (χ0) is 11.5. The predicted octanol–water partition coefficient (Wildman–Crippen LogP) is 2.39. The Morgan fingerprint density at radius 1 is 1.47 bits per heavy atom. The zero-order valence-electron chi connectivity index (χ0n) is 9.40. The summed E-state index contributed by atoms with van der Waals surface area (Å²) in [6.07, 6.45) is 4.91. The maximum absolute atomic E-state index is 11.3. The summed E-state index contributed by atoms with van der Waals surface area (Å²) >= 11 is 0. The molecular formula is C11H17NO2S. The van der Waals surface area contributed by atoms with Crippen molar-refractivity contribution in [2.45, 2.75) is 37.6 Å². The number of aromatic nitrogens is 1. The molecule has 1 aromatic rings. The molecule has 0 fully saturated rings. The SMILES string of the molecule is CCC[C@H](C)c1ccnc(S(C)(=O)=O)c1. The topological polar surface area (TPSA) is 47.0 Å². The number of hydrogen-bond acceptors (Lipinski definition) is 3. The molecule has 1 rings (SSSR count). The zero-order valence-corrected chi connectivity index (χ0v) is 10.2. The number of hydrogen-bond donors (Lipinski definition) is 0. The smallest absolute Gasteiger partial charge is 0.192 e. The number of pyridine rings is 1. The molecule has 0 radical (unpaired) electrons. The Morgan fingerprint density at radius 3 is 2.67 bits per heavy atom. The molecule has 0 aliphatic carbocycles. The van der Waals surface area contributed by atoms with Gasteiger partial charge in [0.25, 0.3) is 0 Å². The van der Waals surface area contributed by atoms with E-state index < -0.39 is 9.84 Å². The first kappa shape index (κ1) is 12.2. The van der Waals surface area contributed by atoms with Crippen LogP contribution in [0.15, 0.2) is 23.4 Å². The molecule has 1 atom stereocenters. The van der Waals surface area contributed by atoms with Gasteiger partial charge < -0.3 is 0 Å². The Balaban J connectivity index is 3.03. The minimum Gasteiger partial charge on any atom is -0.245 e. The van der Waals surface area contributed by atoms with Crippen molar-refractivity contribution in [1.82, 2.24) is 4.98 Å². The lowest BCUT2D eigenvalue weighted by Gasteiger charge is -2.10. The lowest BCUT2D eigenvalue weighted by molar-refractivity contribution is 0.597. The fraction of sp³-hybridized carbons (Fsp3) is 0.545. The van der Waals surface area contributed by atoms with E-state index in [0.717, 1.165) is 18.4 Å². The van der Waals surface area contributed by atoms with E-state index in [0.29, 0.717) is 5.92 Å². The van der Waals surface area contributed by atoms with Crippen molar-refractivity contribution < 1.29 is 8.42 Å². The molecule has 0 spiro atoms. The molecule has 0 bridgehead atoms. The maximum atomic E-state index is 11.3. The van der Waals surface area contributed by atoms with E-state index in [1.165, 1.54) is 6.26 Å². The average Bonchev–Trinajstić information content (AvgIpc) is 2.17. The summed E-state index contributed by atoms with van der Waals surface area (Å²) in [5, 5.41) is 0.169. The van der Waals surface area contributed by atoms with Crippen molar-refractivity contribution in [3.05, 3.63) is 23.9 Å². The fourth-order valence-corrected chi connectivity index (χ4v) is 2.14. The van der Waals surface area contributed by atoms with Crippen molar-refractivity contribution >= 4 is 9.84 Å². The van der Waals surface area contributed by atoms with Crippen LogP contribution in [0, 0.1) is 0 Å². The van der Waals surface area contributed by atoms with Crippen LogP contribution in [0.5, 0.6) is 0 Å². The van der Waals surface area contributed by atoms with Crippen LogP contribution in [0.1, 0.15) is 38.2 Å². The normalized spacial score (nSPS) is 13.8. The number of nitrogens with zero attached hydrogens (tertiary/aromatic N) is 1. The second kappa shape index (κ2) is 4.75. The van der Waals surface area contributed by atoms with E-state index in [9.17, 15) is 8.42 Å². The molecule has 0 saturated heterocycles. The van der Waals surface area contributed by atoms with Crippen LogP contribution in [0.3, 0.4) is 0 Å². The van der Waals surface area contributed by atoms with Crippen molar-refractivity contribution in [2.75, 3.05) is 6.26 Å². The minimum absolute atomic E-state index is 0.169. The van der Waals surface area contributed by atoms with Crippen LogP contribution < -0.4 is 0 Å². The Morgan fingerprint density at radius 2 is 2.13 bits per heavy atom. The van der Waals surface area contributed by atoms with Gasteiger partial charge in [-0.3, -0.25) is 0 Å². The summed E-state index contributed by atoms with van der Waals surface area (Å²) in [4.78, 5) is 3.87. The molecule has 1 aromatic heterocycles. The average molecular weight is 227 g/mol. The first-order valence-electron chi connectivity index (χ1n) is 5.11. The third-order valence-electron chi connectivity index (χ3n) is 2.43. The first-order chi connectivity index (χ1) is 6.95. The van der Waals surface area contributed by atoms with Gasteiger partial charge in [-0.15, -0.1) is 0 Å². The van der Waals surface area contributed by atoms with E-state index in [-0.39, 0.29) is 5.03 Å². The Bertz CT molecular complexity index is 426. The third kappa shape index (κ3) is 3.30. The Hall–Kier alpha value is -0.900. The second-order valence-electron chi connectivity index (χ2n) is 3.89. The van der Waals surface area contributed by atoms with Crippen LogP contribution in [0.2, 0.25) is 0 Å². The van der Waals surface area contributed by atoms with E-state index in [1.54, 1.807) is 12.3 Å². The highest BCUT2D eigenvalue weighted by atomic mass is 32.2. The van der Waals surface area contributed by atoms with E-state index >= 15 is 0 Å². The molecule has 3 nitrogen and oxygen atoms in total. The van der Waals surface area contributed by atoms with E-state index in [2.05, 4.69) is 18.8 Å². The highest BCUT2D eigenvalue weighted by molar-refractivity contribution is 7.90. The van der Waals surface area contributed by atoms with Crippen LogP contribution >= 0.6 is 0 Å². The lowest BCUT2D eigenvalue weighted by atomic mass is 9.98. The maximum Gasteiger partial charge on any atom is 0.192 e. The summed E-state index contributed by atoms with van der Waals surface area (Å²) in [5.41, 5.74) is 1.05. The van der Waals surface area contributed by atoms with Gasteiger partial charge in [-0.05, 0) is 30.0 Å². The van der Waals surface area contributed by atoms with Crippen molar-refractivity contribution in [2.24, 2.45) is 0 Å². The van der Waals surface area contributed by atoms with Gasteiger partial charge in [-0.25, -0.2) is 13.4 Å². The van der Waals surface area contributed by atoms with Crippen LogP contribution in [-0.4, -0.2) is 19.7 Å². The van der Waals surface area contributed by atoms with Crippen LogP contribution in [0.25, 0.3) is 0 Å². The van der Waals surface area contributed by atoms with Crippen LogP contribution in [-0.2, 0) is 9.84 Å².